The predicted molar refractivity (Wildman–Crippen MR) is 49.0 cm³/mol. The molecule has 0 bridgehead atoms. The Bertz CT molecular complexity index is 468. The minimum Gasteiger partial charge on any atom is -0.477 e. The maximum atomic E-state index is 11.2. The third-order valence-electron chi connectivity index (χ3n) is 1.98. The monoisotopic (exact) mass is 215 g/mol. The Labute approximate surface area is 83.1 Å². The van der Waals surface area contributed by atoms with E-state index in [1.54, 1.807) is 0 Å². The van der Waals surface area contributed by atoms with E-state index in [9.17, 15) is 9.59 Å². The minimum atomic E-state index is -1.19. The van der Waals surface area contributed by atoms with Crippen LogP contribution in [0.4, 0.5) is 5.82 Å². The van der Waals surface area contributed by atoms with E-state index in [0.717, 1.165) is 0 Å². The number of aromatic carboxylic acids is 1. The first-order valence-electron chi connectivity index (χ1n) is 3.89. The number of anilines is 1. The zero-order valence-electron chi connectivity index (χ0n) is 6.95. The SMILES string of the molecule is O=C(O)c1c(Cl)nc(=O)n2c1NCC2. The molecule has 2 heterocycles. The number of rotatable bonds is 1. The minimum absolute atomic E-state index is 0.149. The number of nitrogens with one attached hydrogen (secondary N) is 1. The number of nitrogens with zero attached hydrogens (tertiary/aromatic N) is 2. The summed E-state index contributed by atoms with van der Waals surface area (Å²) >= 11 is 5.56. The second kappa shape index (κ2) is 2.98. The largest absolute Gasteiger partial charge is 0.477 e. The molecule has 74 valence electrons. The molecule has 0 spiro atoms. The Hall–Kier alpha value is -1.56. The third kappa shape index (κ3) is 1.15. The second-order valence-corrected chi connectivity index (χ2v) is 3.15. The number of hydrogen-bond acceptors (Lipinski definition) is 4. The summed E-state index contributed by atoms with van der Waals surface area (Å²) in [6, 6.07) is 0. The zero-order valence-corrected chi connectivity index (χ0v) is 7.71. The molecule has 0 amide bonds. The normalized spacial score (nSPS) is 13.5. The van der Waals surface area contributed by atoms with Crippen molar-refractivity contribution in [2.45, 2.75) is 6.54 Å². The summed E-state index contributed by atoms with van der Waals surface area (Å²) in [5.41, 5.74) is -0.677. The van der Waals surface area contributed by atoms with Crippen molar-refractivity contribution in [2.24, 2.45) is 0 Å². The molecule has 2 rings (SSSR count). The van der Waals surface area contributed by atoms with Gasteiger partial charge in [-0.25, -0.2) is 9.59 Å². The van der Waals surface area contributed by atoms with Gasteiger partial charge in [-0.1, -0.05) is 11.6 Å². The van der Waals surface area contributed by atoms with Crippen LogP contribution in [-0.2, 0) is 6.54 Å². The number of carboxylic acid groups (broad SMARTS) is 1. The van der Waals surface area contributed by atoms with Gasteiger partial charge in [0.15, 0.2) is 5.15 Å². The fourth-order valence-electron chi connectivity index (χ4n) is 1.40. The first-order chi connectivity index (χ1) is 6.61. The van der Waals surface area contributed by atoms with E-state index in [1.165, 1.54) is 4.57 Å². The van der Waals surface area contributed by atoms with Gasteiger partial charge in [-0.2, -0.15) is 4.98 Å². The number of hydrogen-bond donors (Lipinski definition) is 2. The summed E-state index contributed by atoms with van der Waals surface area (Å²) in [4.78, 5) is 25.5. The molecular formula is C7H6ClN3O3. The molecule has 0 aliphatic carbocycles. The van der Waals surface area contributed by atoms with Gasteiger partial charge in [0.1, 0.15) is 11.4 Å². The summed E-state index contributed by atoms with van der Waals surface area (Å²) < 4.78 is 1.26. The van der Waals surface area contributed by atoms with Crippen molar-refractivity contribution in [1.82, 2.24) is 9.55 Å². The first-order valence-corrected chi connectivity index (χ1v) is 4.26. The lowest BCUT2D eigenvalue weighted by molar-refractivity contribution is 0.0697. The lowest BCUT2D eigenvalue weighted by atomic mass is 10.3. The molecule has 14 heavy (non-hydrogen) atoms. The highest BCUT2D eigenvalue weighted by molar-refractivity contribution is 6.32. The maximum Gasteiger partial charge on any atom is 0.350 e. The van der Waals surface area contributed by atoms with Gasteiger partial charge in [0.25, 0.3) is 0 Å². The molecule has 2 N–H and O–H groups in total. The van der Waals surface area contributed by atoms with E-state index in [0.29, 0.717) is 13.1 Å². The number of carboxylic acids is 1. The van der Waals surface area contributed by atoms with Crippen molar-refractivity contribution < 1.29 is 9.90 Å². The molecule has 6 nitrogen and oxygen atoms in total. The average molecular weight is 216 g/mol. The van der Waals surface area contributed by atoms with Gasteiger partial charge in [0.2, 0.25) is 0 Å². The van der Waals surface area contributed by atoms with Crippen LogP contribution in [0.1, 0.15) is 10.4 Å². The second-order valence-electron chi connectivity index (χ2n) is 2.79. The van der Waals surface area contributed by atoms with Crippen molar-refractivity contribution in [3.8, 4) is 0 Å². The van der Waals surface area contributed by atoms with Crippen molar-refractivity contribution in [3.63, 3.8) is 0 Å². The highest BCUT2D eigenvalue weighted by Crippen LogP contribution is 2.22. The molecule has 1 aromatic rings. The van der Waals surface area contributed by atoms with Crippen LogP contribution < -0.4 is 11.0 Å². The maximum absolute atomic E-state index is 11.2. The van der Waals surface area contributed by atoms with Crippen LogP contribution in [-0.4, -0.2) is 27.2 Å². The van der Waals surface area contributed by atoms with E-state index in [1.807, 2.05) is 0 Å². The van der Waals surface area contributed by atoms with Crippen molar-refractivity contribution in [2.75, 3.05) is 11.9 Å². The van der Waals surface area contributed by atoms with Gasteiger partial charge in [-0.15, -0.1) is 0 Å². The lowest BCUT2D eigenvalue weighted by Crippen LogP contribution is -2.23. The molecule has 0 saturated heterocycles. The molecule has 0 fully saturated rings. The molecule has 0 unspecified atom stereocenters. The van der Waals surface area contributed by atoms with E-state index in [-0.39, 0.29) is 16.5 Å². The number of halogens is 1. The summed E-state index contributed by atoms with van der Waals surface area (Å²) in [5, 5.41) is 11.4. The van der Waals surface area contributed by atoms with Gasteiger partial charge in [-0.05, 0) is 0 Å². The average Bonchev–Trinajstić information content (AvgIpc) is 2.51. The number of aromatic nitrogens is 2. The predicted octanol–water partition coefficient (Wildman–Crippen LogP) is 0.0204. The van der Waals surface area contributed by atoms with E-state index >= 15 is 0 Å². The van der Waals surface area contributed by atoms with E-state index < -0.39 is 11.7 Å². The number of fused-ring (bicyclic) bond motifs is 1. The molecule has 1 aliphatic rings. The van der Waals surface area contributed by atoms with Crippen LogP contribution in [0.2, 0.25) is 5.15 Å². The van der Waals surface area contributed by atoms with Crippen LogP contribution >= 0.6 is 11.6 Å². The summed E-state index contributed by atoms with van der Waals surface area (Å²) in [5.74, 6) is -0.955. The van der Waals surface area contributed by atoms with Crippen LogP contribution in [0.15, 0.2) is 4.79 Å². The third-order valence-corrected chi connectivity index (χ3v) is 2.25. The molecule has 0 atom stereocenters. The topological polar surface area (TPSA) is 84.2 Å². The van der Waals surface area contributed by atoms with Gasteiger partial charge in [-0.3, -0.25) is 4.57 Å². The first kappa shape index (κ1) is 9.01. The van der Waals surface area contributed by atoms with Gasteiger partial charge >= 0.3 is 11.7 Å². The van der Waals surface area contributed by atoms with Crippen LogP contribution in [0, 0.1) is 0 Å². The molecule has 1 aromatic heterocycles. The van der Waals surface area contributed by atoms with Crippen LogP contribution in [0.3, 0.4) is 0 Å². The van der Waals surface area contributed by atoms with Gasteiger partial charge < -0.3 is 10.4 Å². The highest BCUT2D eigenvalue weighted by Gasteiger charge is 2.24. The van der Waals surface area contributed by atoms with Gasteiger partial charge in [0.05, 0.1) is 0 Å². The van der Waals surface area contributed by atoms with E-state index in [4.69, 9.17) is 16.7 Å². The molecule has 0 aromatic carbocycles. The van der Waals surface area contributed by atoms with E-state index in [2.05, 4.69) is 10.3 Å². The van der Waals surface area contributed by atoms with Gasteiger partial charge in [0, 0.05) is 13.1 Å². The lowest BCUT2D eigenvalue weighted by Gasteiger charge is -2.05. The Balaban J connectivity index is 2.78. The van der Waals surface area contributed by atoms with Crippen LogP contribution in [0.5, 0.6) is 0 Å². The summed E-state index contributed by atoms with van der Waals surface area (Å²) in [6.07, 6.45) is 0. The van der Waals surface area contributed by atoms with Crippen molar-refractivity contribution in [3.05, 3.63) is 21.2 Å². The van der Waals surface area contributed by atoms with Crippen molar-refractivity contribution >= 4 is 23.4 Å². The summed E-state index contributed by atoms with van der Waals surface area (Å²) in [6.45, 7) is 0.927. The quantitative estimate of drug-likeness (QED) is 0.646. The molecule has 0 radical (unpaired) electrons. The Morgan fingerprint density at radius 2 is 2.36 bits per heavy atom. The Morgan fingerprint density at radius 3 is 3.00 bits per heavy atom. The Kier molecular flexibility index (Phi) is 1.92. The highest BCUT2D eigenvalue weighted by atomic mass is 35.5. The fourth-order valence-corrected chi connectivity index (χ4v) is 1.64. The smallest absolute Gasteiger partial charge is 0.350 e. The zero-order chi connectivity index (χ0) is 10.3. The molecule has 7 heteroatoms. The number of carbonyl (C=O) groups is 1. The summed E-state index contributed by atoms with van der Waals surface area (Å²) in [7, 11) is 0. The molecular weight excluding hydrogens is 210 g/mol. The molecule has 1 aliphatic heterocycles. The van der Waals surface area contributed by atoms with Crippen molar-refractivity contribution in [1.29, 1.82) is 0 Å². The molecule has 0 saturated carbocycles. The Morgan fingerprint density at radius 1 is 1.64 bits per heavy atom. The standard InChI is InChI=1S/C7H6ClN3O3/c8-4-3(6(12)13)5-9-1-2-11(5)7(14)10-4/h9H,1-2H2,(H,12,13). The fraction of sp³-hybridized carbons (Fsp3) is 0.286. The van der Waals surface area contributed by atoms with Crippen LogP contribution in [0.25, 0.3) is 0 Å².